The molecule has 1 aliphatic heterocycles. The minimum atomic E-state index is 0.709. The Morgan fingerprint density at radius 2 is 1.94 bits per heavy atom. The summed E-state index contributed by atoms with van der Waals surface area (Å²) < 4.78 is 0. The monoisotopic (exact) mass is 238 g/mol. The first kappa shape index (κ1) is 13.4. The number of likely N-dealkylation sites (tertiary alicyclic amines) is 1. The minimum absolute atomic E-state index is 0.709. The van der Waals surface area contributed by atoms with Crippen LogP contribution in [-0.4, -0.2) is 37.1 Å². The Bertz CT molecular complexity index is 215. The normalized spacial score (nSPS) is 32.1. The summed E-state index contributed by atoms with van der Waals surface area (Å²) in [6.45, 7) is 4.93. The molecule has 2 nitrogen and oxygen atoms in total. The lowest BCUT2D eigenvalue weighted by atomic mass is 9.78. The average Bonchev–Trinajstić information content (AvgIpc) is 2.38. The summed E-state index contributed by atoms with van der Waals surface area (Å²) in [4.78, 5) is 2.81. The van der Waals surface area contributed by atoms with Gasteiger partial charge >= 0.3 is 0 Å². The van der Waals surface area contributed by atoms with E-state index in [-0.39, 0.29) is 0 Å². The van der Waals surface area contributed by atoms with Crippen molar-refractivity contribution in [2.75, 3.05) is 20.1 Å². The van der Waals surface area contributed by atoms with E-state index in [9.17, 15) is 0 Å². The van der Waals surface area contributed by atoms with E-state index in [0.717, 1.165) is 12.0 Å². The lowest BCUT2D eigenvalue weighted by molar-refractivity contribution is 0.0528. The molecule has 2 aliphatic rings. The first-order valence-electron chi connectivity index (χ1n) is 7.76. The molecule has 0 amide bonds. The second kappa shape index (κ2) is 6.75. The largest absolute Gasteiger partial charge is 0.316 e. The Morgan fingerprint density at radius 3 is 2.71 bits per heavy atom. The van der Waals surface area contributed by atoms with Gasteiger partial charge in [-0.25, -0.2) is 0 Å². The molecule has 2 rings (SSSR count). The third-order valence-corrected chi connectivity index (χ3v) is 4.86. The van der Waals surface area contributed by atoms with Crippen LogP contribution in [0.4, 0.5) is 0 Å². The Balaban J connectivity index is 1.89. The maximum absolute atomic E-state index is 3.50. The van der Waals surface area contributed by atoms with Gasteiger partial charge in [-0.05, 0) is 51.6 Å². The van der Waals surface area contributed by atoms with Gasteiger partial charge in [0, 0.05) is 18.6 Å². The van der Waals surface area contributed by atoms with E-state index in [1.807, 2.05) is 0 Å². The summed E-state index contributed by atoms with van der Waals surface area (Å²) in [5.41, 5.74) is 0. The highest BCUT2D eigenvalue weighted by Crippen LogP contribution is 2.35. The molecule has 2 fully saturated rings. The van der Waals surface area contributed by atoms with E-state index >= 15 is 0 Å². The smallest absolute Gasteiger partial charge is 0.0192 e. The number of likely N-dealkylation sites (N-methyl/N-ethyl adjacent to an activating group) is 1. The van der Waals surface area contributed by atoms with Crippen LogP contribution in [0.25, 0.3) is 0 Å². The van der Waals surface area contributed by atoms with Crippen LogP contribution in [-0.2, 0) is 0 Å². The summed E-state index contributed by atoms with van der Waals surface area (Å²) >= 11 is 0. The molecule has 1 saturated carbocycles. The predicted molar refractivity (Wildman–Crippen MR) is 74.3 cm³/mol. The molecule has 1 saturated heterocycles. The highest BCUT2D eigenvalue weighted by Gasteiger charge is 2.33. The van der Waals surface area contributed by atoms with E-state index in [2.05, 4.69) is 24.2 Å². The van der Waals surface area contributed by atoms with E-state index in [1.165, 1.54) is 64.5 Å². The molecule has 1 N–H and O–H groups in total. The highest BCUT2D eigenvalue weighted by molar-refractivity contribution is 4.88. The van der Waals surface area contributed by atoms with Crippen molar-refractivity contribution in [2.45, 2.75) is 70.4 Å². The fourth-order valence-electron chi connectivity index (χ4n) is 3.91. The number of rotatable bonds is 5. The Labute approximate surface area is 107 Å². The number of piperidine rings is 1. The lowest BCUT2D eigenvalue weighted by Crippen LogP contribution is -2.51. The summed E-state index contributed by atoms with van der Waals surface area (Å²) in [5, 5.41) is 3.50. The maximum Gasteiger partial charge on any atom is 0.0192 e. The van der Waals surface area contributed by atoms with Gasteiger partial charge in [0.25, 0.3) is 0 Å². The number of hydrogen-bond donors (Lipinski definition) is 1. The fraction of sp³-hybridized carbons (Fsp3) is 1.00. The van der Waals surface area contributed by atoms with Crippen molar-refractivity contribution in [1.82, 2.24) is 10.2 Å². The summed E-state index contributed by atoms with van der Waals surface area (Å²) in [7, 11) is 2.13. The topological polar surface area (TPSA) is 15.3 Å². The van der Waals surface area contributed by atoms with Crippen LogP contribution in [0.15, 0.2) is 0 Å². The van der Waals surface area contributed by atoms with Crippen LogP contribution in [0, 0.1) is 5.92 Å². The van der Waals surface area contributed by atoms with Gasteiger partial charge in [-0.1, -0.05) is 26.2 Å². The van der Waals surface area contributed by atoms with Crippen molar-refractivity contribution in [3.05, 3.63) is 0 Å². The molecular formula is C15H30N2. The van der Waals surface area contributed by atoms with Crippen molar-refractivity contribution in [3.8, 4) is 0 Å². The molecule has 0 aromatic heterocycles. The van der Waals surface area contributed by atoms with Crippen molar-refractivity contribution in [3.63, 3.8) is 0 Å². The zero-order chi connectivity index (χ0) is 12.1. The quantitative estimate of drug-likeness (QED) is 0.792. The zero-order valence-electron chi connectivity index (χ0n) is 11.8. The number of nitrogens with one attached hydrogen (secondary N) is 1. The molecule has 100 valence electrons. The molecule has 3 unspecified atom stereocenters. The second-order valence-corrected chi connectivity index (χ2v) is 6.02. The molecule has 17 heavy (non-hydrogen) atoms. The van der Waals surface area contributed by atoms with Crippen LogP contribution in [0.1, 0.15) is 58.3 Å². The number of hydrogen-bond acceptors (Lipinski definition) is 2. The third kappa shape index (κ3) is 3.45. The van der Waals surface area contributed by atoms with Crippen molar-refractivity contribution in [2.24, 2.45) is 5.92 Å². The molecule has 2 heteroatoms. The average molecular weight is 238 g/mol. The van der Waals surface area contributed by atoms with Crippen LogP contribution in [0.5, 0.6) is 0 Å². The molecule has 3 atom stereocenters. The molecule has 0 spiro atoms. The maximum atomic E-state index is 3.50. The Morgan fingerprint density at radius 1 is 1.18 bits per heavy atom. The molecule has 0 aromatic rings. The fourth-order valence-corrected chi connectivity index (χ4v) is 3.91. The van der Waals surface area contributed by atoms with E-state index in [4.69, 9.17) is 0 Å². The molecular weight excluding hydrogens is 208 g/mol. The van der Waals surface area contributed by atoms with Gasteiger partial charge in [-0.2, -0.15) is 0 Å². The first-order valence-corrected chi connectivity index (χ1v) is 7.76. The van der Waals surface area contributed by atoms with E-state index < -0.39 is 0 Å². The summed E-state index contributed by atoms with van der Waals surface area (Å²) in [6, 6.07) is 1.63. The van der Waals surface area contributed by atoms with Crippen LogP contribution < -0.4 is 5.32 Å². The van der Waals surface area contributed by atoms with Gasteiger partial charge in [0.1, 0.15) is 0 Å². The zero-order valence-corrected chi connectivity index (χ0v) is 11.8. The minimum Gasteiger partial charge on any atom is -0.316 e. The van der Waals surface area contributed by atoms with Gasteiger partial charge < -0.3 is 5.32 Å². The van der Waals surface area contributed by atoms with Gasteiger partial charge in [0.05, 0.1) is 0 Å². The molecule has 1 heterocycles. The number of fused-ring (bicyclic) bond motifs is 1. The molecule has 0 bridgehead atoms. The van der Waals surface area contributed by atoms with Gasteiger partial charge in [0.15, 0.2) is 0 Å². The highest BCUT2D eigenvalue weighted by atomic mass is 15.2. The summed E-state index contributed by atoms with van der Waals surface area (Å²) in [5.74, 6) is 1.02. The van der Waals surface area contributed by atoms with Gasteiger partial charge in [-0.3, -0.25) is 4.90 Å². The van der Waals surface area contributed by atoms with Crippen molar-refractivity contribution in [1.29, 1.82) is 0 Å². The van der Waals surface area contributed by atoms with E-state index in [1.54, 1.807) is 0 Å². The lowest BCUT2D eigenvalue weighted by Gasteiger charge is -2.45. The Hall–Kier alpha value is -0.0800. The second-order valence-electron chi connectivity index (χ2n) is 6.02. The van der Waals surface area contributed by atoms with E-state index in [0.29, 0.717) is 6.04 Å². The van der Waals surface area contributed by atoms with Gasteiger partial charge in [-0.15, -0.1) is 0 Å². The van der Waals surface area contributed by atoms with Crippen LogP contribution in [0.3, 0.4) is 0 Å². The molecule has 1 aliphatic carbocycles. The van der Waals surface area contributed by atoms with Crippen molar-refractivity contribution < 1.29 is 0 Å². The molecule has 0 radical (unpaired) electrons. The van der Waals surface area contributed by atoms with Crippen molar-refractivity contribution >= 4 is 0 Å². The first-order chi connectivity index (χ1) is 8.35. The standard InChI is InChI=1S/C15H30N2/c1-3-7-14(16-2)12-17-11-6-9-13-8-4-5-10-15(13)17/h13-16H,3-12H2,1-2H3. The van der Waals surface area contributed by atoms with Crippen LogP contribution in [0.2, 0.25) is 0 Å². The molecule has 0 aromatic carbocycles. The van der Waals surface area contributed by atoms with Gasteiger partial charge in [0.2, 0.25) is 0 Å². The third-order valence-electron chi connectivity index (χ3n) is 4.86. The predicted octanol–water partition coefficient (Wildman–Crippen LogP) is 3.03. The van der Waals surface area contributed by atoms with Crippen LogP contribution >= 0.6 is 0 Å². The SMILES string of the molecule is CCCC(CN1CCCC2CCCCC21)NC. The summed E-state index contributed by atoms with van der Waals surface area (Å²) in [6.07, 6.45) is 11.5. The number of nitrogens with zero attached hydrogens (tertiary/aromatic N) is 1. The Kier molecular flexibility index (Phi) is 5.30.